The molecule has 0 aliphatic carbocycles. The van der Waals surface area contributed by atoms with E-state index in [0.717, 1.165) is 25.2 Å². The topological polar surface area (TPSA) is 53.6 Å². The smallest absolute Gasteiger partial charge is 0.0937 e. The minimum atomic E-state index is 0.839. The number of aromatic nitrogens is 3. The standard InChI is InChI=1S/C9H12N4S/c1-4-12-13-8(1)7-10-3-2-9-11-5-6-14-9/h1,4-6,10H,2-3,7H2,(H,12,13). The molecule has 2 aromatic rings. The normalized spacial score (nSPS) is 10.6. The molecule has 0 saturated carbocycles. The Morgan fingerprint density at radius 1 is 1.43 bits per heavy atom. The van der Waals surface area contributed by atoms with Crippen molar-refractivity contribution in [3.8, 4) is 0 Å². The van der Waals surface area contributed by atoms with Crippen molar-refractivity contribution in [2.75, 3.05) is 6.54 Å². The van der Waals surface area contributed by atoms with Gasteiger partial charge in [-0.25, -0.2) is 4.98 Å². The summed E-state index contributed by atoms with van der Waals surface area (Å²) >= 11 is 1.70. The van der Waals surface area contributed by atoms with E-state index in [1.54, 1.807) is 17.5 Å². The summed E-state index contributed by atoms with van der Waals surface area (Å²) in [5, 5.41) is 13.3. The van der Waals surface area contributed by atoms with E-state index in [1.165, 1.54) is 5.01 Å². The first-order valence-electron chi connectivity index (χ1n) is 4.52. The largest absolute Gasteiger partial charge is 0.311 e. The molecule has 0 fully saturated rings. The molecule has 2 aromatic heterocycles. The highest BCUT2D eigenvalue weighted by Crippen LogP contribution is 2.03. The Hall–Kier alpha value is -1.20. The van der Waals surface area contributed by atoms with E-state index in [1.807, 2.05) is 17.6 Å². The molecular weight excluding hydrogens is 196 g/mol. The van der Waals surface area contributed by atoms with E-state index in [2.05, 4.69) is 20.5 Å². The number of H-pyrrole nitrogens is 1. The summed E-state index contributed by atoms with van der Waals surface area (Å²) in [5.74, 6) is 0. The molecule has 0 spiro atoms. The van der Waals surface area contributed by atoms with E-state index < -0.39 is 0 Å². The molecule has 0 aliphatic heterocycles. The number of rotatable bonds is 5. The number of nitrogens with one attached hydrogen (secondary N) is 2. The Morgan fingerprint density at radius 3 is 3.14 bits per heavy atom. The maximum Gasteiger partial charge on any atom is 0.0937 e. The molecular formula is C9H12N4S. The van der Waals surface area contributed by atoms with Gasteiger partial charge in [0.1, 0.15) is 0 Å². The van der Waals surface area contributed by atoms with E-state index in [4.69, 9.17) is 0 Å². The molecule has 2 heterocycles. The fourth-order valence-corrected chi connectivity index (χ4v) is 1.80. The van der Waals surface area contributed by atoms with Gasteiger partial charge in [0.05, 0.1) is 5.01 Å². The summed E-state index contributed by atoms with van der Waals surface area (Å²) in [6.07, 6.45) is 4.60. The number of nitrogens with zero attached hydrogens (tertiary/aromatic N) is 2. The Bertz CT molecular complexity index is 305. The number of thiazole rings is 1. The Morgan fingerprint density at radius 2 is 2.43 bits per heavy atom. The zero-order valence-electron chi connectivity index (χ0n) is 7.73. The van der Waals surface area contributed by atoms with E-state index in [0.29, 0.717) is 0 Å². The van der Waals surface area contributed by atoms with Crippen molar-refractivity contribution in [1.82, 2.24) is 20.5 Å². The van der Waals surface area contributed by atoms with Crippen LogP contribution in [-0.4, -0.2) is 21.7 Å². The highest BCUT2D eigenvalue weighted by Gasteiger charge is 1.95. The fraction of sp³-hybridized carbons (Fsp3) is 0.333. The van der Waals surface area contributed by atoms with Crippen LogP contribution >= 0.6 is 11.3 Å². The van der Waals surface area contributed by atoms with E-state index >= 15 is 0 Å². The van der Waals surface area contributed by atoms with Gasteiger partial charge in [0.25, 0.3) is 0 Å². The Balaban J connectivity index is 1.65. The SMILES string of the molecule is c1cc(CNCCc2nccs2)[nH]n1. The maximum atomic E-state index is 4.21. The molecule has 74 valence electrons. The molecule has 14 heavy (non-hydrogen) atoms. The number of aromatic amines is 1. The lowest BCUT2D eigenvalue weighted by molar-refractivity contribution is 0.671. The predicted octanol–water partition coefficient (Wildman–Crippen LogP) is 1.20. The summed E-state index contributed by atoms with van der Waals surface area (Å²) in [6, 6.07) is 1.97. The van der Waals surface area contributed by atoms with Crippen LogP contribution in [0, 0.1) is 0 Å². The summed E-state index contributed by atoms with van der Waals surface area (Å²) in [4.78, 5) is 4.21. The zero-order chi connectivity index (χ0) is 9.64. The van der Waals surface area contributed by atoms with Crippen molar-refractivity contribution in [2.45, 2.75) is 13.0 Å². The monoisotopic (exact) mass is 208 g/mol. The molecule has 0 bridgehead atoms. The van der Waals surface area contributed by atoms with Gasteiger partial charge in [-0.1, -0.05) is 0 Å². The van der Waals surface area contributed by atoms with Gasteiger partial charge in [0.2, 0.25) is 0 Å². The van der Waals surface area contributed by atoms with Crippen molar-refractivity contribution in [2.24, 2.45) is 0 Å². The van der Waals surface area contributed by atoms with Crippen molar-refractivity contribution >= 4 is 11.3 Å². The van der Waals surface area contributed by atoms with Crippen LogP contribution in [0.5, 0.6) is 0 Å². The fourth-order valence-electron chi connectivity index (χ4n) is 1.18. The van der Waals surface area contributed by atoms with E-state index in [9.17, 15) is 0 Å². The second-order valence-electron chi connectivity index (χ2n) is 2.93. The maximum absolute atomic E-state index is 4.21. The molecule has 0 radical (unpaired) electrons. The minimum absolute atomic E-state index is 0.839. The molecule has 0 aliphatic rings. The van der Waals surface area contributed by atoms with Gasteiger partial charge in [0, 0.05) is 43.0 Å². The van der Waals surface area contributed by atoms with Gasteiger partial charge in [-0.2, -0.15) is 5.10 Å². The zero-order valence-corrected chi connectivity index (χ0v) is 8.55. The summed E-state index contributed by atoms with van der Waals surface area (Å²) in [7, 11) is 0. The minimum Gasteiger partial charge on any atom is -0.311 e. The van der Waals surface area contributed by atoms with Gasteiger partial charge in [0.15, 0.2) is 0 Å². The first-order chi connectivity index (χ1) is 6.95. The molecule has 5 heteroatoms. The molecule has 0 amide bonds. The summed E-state index contributed by atoms with van der Waals surface area (Å²) < 4.78 is 0. The molecule has 0 aromatic carbocycles. The third-order valence-electron chi connectivity index (χ3n) is 1.87. The van der Waals surface area contributed by atoms with Crippen LogP contribution in [-0.2, 0) is 13.0 Å². The van der Waals surface area contributed by atoms with Crippen LogP contribution in [0.25, 0.3) is 0 Å². The van der Waals surface area contributed by atoms with Gasteiger partial charge in [-0.3, -0.25) is 5.10 Å². The molecule has 0 atom stereocenters. The van der Waals surface area contributed by atoms with Crippen LogP contribution < -0.4 is 5.32 Å². The Kier molecular flexibility index (Phi) is 3.26. The molecule has 2 N–H and O–H groups in total. The molecule has 0 unspecified atom stereocenters. The van der Waals surface area contributed by atoms with Crippen molar-refractivity contribution in [3.63, 3.8) is 0 Å². The third kappa shape index (κ3) is 2.65. The highest BCUT2D eigenvalue weighted by molar-refractivity contribution is 7.09. The molecule has 0 saturated heterocycles. The van der Waals surface area contributed by atoms with Crippen LogP contribution in [0.2, 0.25) is 0 Å². The summed E-state index contributed by atoms with van der Waals surface area (Å²) in [5.41, 5.74) is 1.11. The summed E-state index contributed by atoms with van der Waals surface area (Å²) in [6.45, 7) is 1.79. The van der Waals surface area contributed by atoms with Gasteiger partial charge in [-0.15, -0.1) is 11.3 Å². The van der Waals surface area contributed by atoms with Crippen molar-refractivity contribution < 1.29 is 0 Å². The average Bonchev–Trinajstić information content (AvgIpc) is 2.86. The van der Waals surface area contributed by atoms with Crippen LogP contribution in [0.1, 0.15) is 10.7 Å². The van der Waals surface area contributed by atoms with Crippen LogP contribution in [0.15, 0.2) is 23.8 Å². The number of hydrogen-bond donors (Lipinski definition) is 2. The lowest BCUT2D eigenvalue weighted by Crippen LogP contribution is -2.16. The lowest BCUT2D eigenvalue weighted by Gasteiger charge is -2.00. The third-order valence-corrected chi connectivity index (χ3v) is 2.71. The lowest BCUT2D eigenvalue weighted by atomic mass is 10.4. The number of hydrogen-bond acceptors (Lipinski definition) is 4. The Labute approximate surface area is 86.4 Å². The highest BCUT2D eigenvalue weighted by atomic mass is 32.1. The first kappa shape index (κ1) is 9.36. The second-order valence-corrected chi connectivity index (χ2v) is 3.91. The molecule has 4 nitrogen and oxygen atoms in total. The van der Waals surface area contributed by atoms with Crippen LogP contribution in [0.4, 0.5) is 0 Å². The van der Waals surface area contributed by atoms with Crippen molar-refractivity contribution in [1.29, 1.82) is 0 Å². The van der Waals surface area contributed by atoms with E-state index in [-0.39, 0.29) is 0 Å². The van der Waals surface area contributed by atoms with Crippen molar-refractivity contribution in [3.05, 3.63) is 34.5 Å². The average molecular weight is 208 g/mol. The first-order valence-corrected chi connectivity index (χ1v) is 5.40. The second kappa shape index (κ2) is 4.88. The van der Waals surface area contributed by atoms with Gasteiger partial charge in [-0.05, 0) is 6.07 Å². The quantitative estimate of drug-likeness (QED) is 0.726. The van der Waals surface area contributed by atoms with Gasteiger partial charge >= 0.3 is 0 Å². The van der Waals surface area contributed by atoms with Gasteiger partial charge < -0.3 is 5.32 Å². The predicted molar refractivity (Wildman–Crippen MR) is 56.1 cm³/mol. The van der Waals surface area contributed by atoms with Crippen LogP contribution in [0.3, 0.4) is 0 Å². The molecule has 2 rings (SSSR count).